The maximum absolute atomic E-state index is 11.7. The highest BCUT2D eigenvalue weighted by Gasteiger charge is 2.23. The average molecular weight is 538 g/mol. The highest BCUT2D eigenvalue weighted by Crippen LogP contribution is 2.37. The van der Waals surface area contributed by atoms with Crippen LogP contribution in [0.25, 0.3) is 11.4 Å². The van der Waals surface area contributed by atoms with Crippen LogP contribution in [0.2, 0.25) is 0 Å². The van der Waals surface area contributed by atoms with Gasteiger partial charge in [-0.05, 0) is 77.3 Å². The van der Waals surface area contributed by atoms with Crippen molar-refractivity contribution in [2.75, 3.05) is 6.54 Å². The van der Waals surface area contributed by atoms with Gasteiger partial charge in [-0.25, -0.2) is 16.8 Å². The van der Waals surface area contributed by atoms with Crippen LogP contribution in [0, 0.1) is 0 Å². The lowest BCUT2D eigenvalue weighted by Crippen LogP contribution is -2.25. The summed E-state index contributed by atoms with van der Waals surface area (Å²) < 4.78 is 68.6. The Labute approximate surface area is 216 Å². The van der Waals surface area contributed by atoms with Crippen molar-refractivity contribution >= 4 is 37.4 Å². The number of allylic oxidation sites excluding steroid dienone is 8. The summed E-state index contributed by atoms with van der Waals surface area (Å²) in [5, 5.41) is 0. The van der Waals surface area contributed by atoms with Gasteiger partial charge < -0.3 is 14.0 Å². The summed E-state index contributed by atoms with van der Waals surface area (Å²) in [5.74, 6) is -0.137. The third-order valence-corrected chi connectivity index (χ3v) is 7.67. The Bertz CT molecular complexity index is 1480. The second kappa shape index (κ2) is 10.4. The van der Waals surface area contributed by atoms with Gasteiger partial charge >= 0.3 is 0 Å². The first-order valence-electron chi connectivity index (χ1n) is 11.5. The highest BCUT2D eigenvalue weighted by atomic mass is 32.2. The third-order valence-electron chi connectivity index (χ3n) is 5.97. The molecule has 0 fully saturated rings. The summed E-state index contributed by atoms with van der Waals surface area (Å²) in [6, 6.07) is 11.3. The molecule has 2 aliphatic rings. The molecule has 0 bridgehead atoms. The molecule has 0 saturated heterocycles. The number of unbranched alkanes of at least 4 members (excludes halogenated alkanes) is 1. The van der Waals surface area contributed by atoms with Crippen LogP contribution < -0.4 is 0 Å². The van der Waals surface area contributed by atoms with Crippen LogP contribution >= 0.6 is 0 Å². The SMILES string of the molecule is CCCCN1C(c2ccc(S(=O)(=O)[O-])cc2)=CC(=C2C=CC(=O)C=C2)C=C1c1ccc(S(=O)(=O)[O-])cc1. The molecule has 0 saturated carbocycles. The molecule has 0 amide bonds. The third kappa shape index (κ3) is 6.05. The van der Waals surface area contributed by atoms with Gasteiger partial charge in [-0.1, -0.05) is 49.8 Å². The zero-order valence-electron chi connectivity index (χ0n) is 19.8. The number of benzene rings is 2. The van der Waals surface area contributed by atoms with E-state index in [0.29, 0.717) is 17.7 Å². The van der Waals surface area contributed by atoms with E-state index in [0.717, 1.165) is 35.4 Å². The van der Waals surface area contributed by atoms with E-state index in [1.807, 2.05) is 24.0 Å². The van der Waals surface area contributed by atoms with E-state index >= 15 is 0 Å². The number of carbonyl (C=O) groups is 1. The zero-order valence-corrected chi connectivity index (χ0v) is 21.5. The lowest BCUT2D eigenvalue weighted by atomic mass is 9.93. The van der Waals surface area contributed by atoms with Gasteiger partial charge in [-0.15, -0.1) is 0 Å². The summed E-state index contributed by atoms with van der Waals surface area (Å²) in [4.78, 5) is 13.0. The molecule has 0 radical (unpaired) electrons. The molecule has 2 aromatic carbocycles. The van der Waals surface area contributed by atoms with Gasteiger partial charge in [0.25, 0.3) is 0 Å². The maximum Gasteiger partial charge on any atom is 0.178 e. The molecule has 192 valence electrons. The van der Waals surface area contributed by atoms with Crippen LogP contribution in [0.4, 0.5) is 0 Å². The molecule has 1 aliphatic heterocycles. The second-order valence-corrected chi connectivity index (χ2v) is 11.3. The fraction of sp³-hybridized carbons (Fsp3) is 0.148. The quantitative estimate of drug-likeness (QED) is 0.484. The molecule has 0 unspecified atom stereocenters. The van der Waals surface area contributed by atoms with Gasteiger partial charge in [0, 0.05) is 17.9 Å². The van der Waals surface area contributed by atoms with Crippen LogP contribution in [-0.2, 0) is 25.0 Å². The van der Waals surface area contributed by atoms with E-state index < -0.39 is 20.2 Å². The van der Waals surface area contributed by atoms with Gasteiger partial charge in [0.2, 0.25) is 0 Å². The second-order valence-electron chi connectivity index (χ2n) is 8.50. The van der Waals surface area contributed by atoms with Crippen LogP contribution in [0.15, 0.2) is 106 Å². The Morgan fingerprint density at radius 1 is 0.676 bits per heavy atom. The fourth-order valence-corrected chi connectivity index (χ4v) is 4.99. The minimum Gasteiger partial charge on any atom is -0.744 e. The van der Waals surface area contributed by atoms with Gasteiger partial charge in [0.15, 0.2) is 5.78 Å². The Morgan fingerprint density at radius 2 is 1.11 bits per heavy atom. The minimum absolute atomic E-state index is 0.137. The molecule has 10 heteroatoms. The lowest BCUT2D eigenvalue weighted by Gasteiger charge is -2.34. The predicted octanol–water partition coefficient (Wildman–Crippen LogP) is 3.98. The first-order valence-corrected chi connectivity index (χ1v) is 14.3. The van der Waals surface area contributed by atoms with E-state index in [2.05, 4.69) is 0 Å². The number of hydrogen-bond donors (Lipinski definition) is 0. The fourth-order valence-electron chi connectivity index (χ4n) is 4.06. The smallest absolute Gasteiger partial charge is 0.178 e. The van der Waals surface area contributed by atoms with E-state index in [1.165, 1.54) is 36.4 Å². The maximum atomic E-state index is 11.7. The van der Waals surface area contributed by atoms with Crippen molar-refractivity contribution in [3.8, 4) is 0 Å². The summed E-state index contributed by atoms with van der Waals surface area (Å²) in [5.41, 5.74) is 4.29. The Kier molecular flexibility index (Phi) is 7.47. The standard InChI is InChI=1S/C27H25NO7S2/c1-2-3-16-28-26(20-6-12-24(13-7-20)36(30,31)32)17-22(19-4-10-23(29)11-5-19)18-27(28)21-8-14-25(15-9-21)37(33,34)35/h4-15,17-18H,2-3,16H2,1H3,(H,30,31,32)(H,33,34,35)/p-2. The Balaban J connectivity index is 1.90. The van der Waals surface area contributed by atoms with Crippen molar-refractivity contribution in [3.05, 3.63) is 107 Å². The number of carbonyl (C=O) groups excluding carboxylic acids is 1. The molecule has 0 aromatic heterocycles. The summed E-state index contributed by atoms with van der Waals surface area (Å²) in [6.07, 6.45) is 11.8. The van der Waals surface area contributed by atoms with E-state index in [4.69, 9.17) is 0 Å². The van der Waals surface area contributed by atoms with Gasteiger partial charge in [-0.3, -0.25) is 4.79 Å². The molecular formula is C27H23NO7S2-2. The molecule has 37 heavy (non-hydrogen) atoms. The molecule has 8 nitrogen and oxygen atoms in total. The molecule has 1 aliphatic carbocycles. The number of hydrogen-bond acceptors (Lipinski definition) is 8. The molecule has 2 aromatic rings. The summed E-state index contributed by atoms with van der Waals surface area (Å²) in [6.45, 7) is 2.63. The molecule has 0 atom stereocenters. The molecular weight excluding hydrogens is 514 g/mol. The van der Waals surface area contributed by atoms with Crippen LogP contribution in [0.3, 0.4) is 0 Å². The minimum atomic E-state index is -4.61. The molecule has 0 spiro atoms. The van der Waals surface area contributed by atoms with Crippen LogP contribution in [0.1, 0.15) is 30.9 Å². The van der Waals surface area contributed by atoms with Gasteiger partial charge in [0.05, 0.1) is 9.79 Å². The Hall–Kier alpha value is -3.57. The average Bonchev–Trinajstić information content (AvgIpc) is 2.86. The summed E-state index contributed by atoms with van der Waals surface area (Å²) in [7, 11) is -9.22. The van der Waals surface area contributed by atoms with E-state index in [9.17, 15) is 30.7 Å². The zero-order chi connectivity index (χ0) is 26.8. The van der Waals surface area contributed by atoms with Crippen molar-refractivity contribution in [1.29, 1.82) is 0 Å². The number of ketones is 1. The van der Waals surface area contributed by atoms with Crippen molar-refractivity contribution in [2.24, 2.45) is 0 Å². The first kappa shape index (κ1) is 26.5. The molecule has 4 rings (SSSR count). The number of nitrogens with zero attached hydrogens (tertiary/aromatic N) is 1. The largest absolute Gasteiger partial charge is 0.744 e. The van der Waals surface area contributed by atoms with Crippen molar-refractivity contribution in [1.82, 2.24) is 4.90 Å². The van der Waals surface area contributed by atoms with Crippen molar-refractivity contribution in [3.63, 3.8) is 0 Å². The van der Waals surface area contributed by atoms with Crippen molar-refractivity contribution < 1.29 is 30.7 Å². The monoisotopic (exact) mass is 537 g/mol. The van der Waals surface area contributed by atoms with Gasteiger partial charge in [0.1, 0.15) is 20.2 Å². The van der Waals surface area contributed by atoms with Crippen molar-refractivity contribution in [2.45, 2.75) is 29.6 Å². The van der Waals surface area contributed by atoms with E-state index in [-0.39, 0.29) is 15.6 Å². The number of rotatable bonds is 7. The van der Waals surface area contributed by atoms with Crippen LogP contribution in [-0.4, -0.2) is 43.2 Å². The topological polar surface area (TPSA) is 135 Å². The van der Waals surface area contributed by atoms with E-state index in [1.54, 1.807) is 36.4 Å². The van der Waals surface area contributed by atoms with Crippen LogP contribution in [0.5, 0.6) is 0 Å². The summed E-state index contributed by atoms with van der Waals surface area (Å²) >= 11 is 0. The van der Waals surface area contributed by atoms with Gasteiger partial charge in [-0.2, -0.15) is 0 Å². The molecule has 0 N–H and O–H groups in total. The normalized spacial score (nSPS) is 16.2. The predicted molar refractivity (Wildman–Crippen MR) is 137 cm³/mol. The molecule has 1 heterocycles. The Morgan fingerprint density at radius 3 is 1.49 bits per heavy atom. The lowest BCUT2D eigenvalue weighted by molar-refractivity contribution is -0.110. The highest BCUT2D eigenvalue weighted by molar-refractivity contribution is 7.86. The first-order chi connectivity index (χ1) is 17.5.